The van der Waals surface area contributed by atoms with Crippen molar-refractivity contribution in [3.63, 3.8) is 0 Å². The lowest BCUT2D eigenvalue weighted by Gasteiger charge is -2.37. The van der Waals surface area contributed by atoms with Gasteiger partial charge < -0.3 is 20.5 Å². The van der Waals surface area contributed by atoms with Gasteiger partial charge in [0.15, 0.2) is 0 Å². The van der Waals surface area contributed by atoms with Crippen molar-refractivity contribution in [1.29, 1.82) is 0 Å². The number of anilines is 1. The fraction of sp³-hybridized carbons (Fsp3) is 0.600. The van der Waals surface area contributed by atoms with Crippen LogP contribution >= 0.6 is 0 Å². The Labute approximate surface area is 119 Å². The minimum absolute atomic E-state index is 0.257. The van der Waals surface area contributed by atoms with E-state index in [4.69, 9.17) is 10.5 Å². The van der Waals surface area contributed by atoms with Crippen molar-refractivity contribution in [3.05, 3.63) is 29.6 Å². The van der Waals surface area contributed by atoms with Crippen molar-refractivity contribution in [2.75, 3.05) is 31.7 Å². The molecule has 1 saturated heterocycles. The summed E-state index contributed by atoms with van der Waals surface area (Å²) in [5.41, 5.74) is 6.77. The number of benzene rings is 1. The van der Waals surface area contributed by atoms with Crippen molar-refractivity contribution in [2.45, 2.75) is 31.4 Å². The Morgan fingerprint density at radius 2 is 2.10 bits per heavy atom. The standard InChI is InChI=1S/C15H23FN2O2/c1-11(17)13-9-12(16)3-4-14(13)18(2)10-15(19)5-7-20-8-6-15/h3-4,9,11,19H,5-8,10,17H2,1-2H3/t11-/m1/s1. The molecule has 5 heteroatoms. The molecule has 0 unspecified atom stereocenters. The van der Waals surface area contributed by atoms with Crippen molar-refractivity contribution in [1.82, 2.24) is 0 Å². The minimum atomic E-state index is -0.753. The highest BCUT2D eigenvalue weighted by Gasteiger charge is 2.31. The molecule has 0 aliphatic carbocycles. The fourth-order valence-electron chi connectivity index (χ4n) is 2.67. The molecule has 1 aromatic rings. The maximum Gasteiger partial charge on any atom is 0.123 e. The highest BCUT2D eigenvalue weighted by molar-refractivity contribution is 5.54. The summed E-state index contributed by atoms with van der Waals surface area (Å²) in [4.78, 5) is 1.95. The lowest BCUT2D eigenvalue weighted by molar-refractivity contribution is -0.0572. The zero-order chi connectivity index (χ0) is 14.8. The van der Waals surface area contributed by atoms with E-state index in [0.29, 0.717) is 32.6 Å². The van der Waals surface area contributed by atoms with Gasteiger partial charge in [-0.2, -0.15) is 0 Å². The Balaban J connectivity index is 2.18. The summed E-state index contributed by atoms with van der Waals surface area (Å²) < 4.78 is 18.6. The molecule has 0 amide bonds. The van der Waals surface area contributed by atoms with Crippen LogP contribution in [-0.4, -0.2) is 37.5 Å². The van der Waals surface area contributed by atoms with Crippen LogP contribution in [0.1, 0.15) is 31.4 Å². The molecule has 0 radical (unpaired) electrons. The zero-order valence-corrected chi connectivity index (χ0v) is 12.1. The van der Waals surface area contributed by atoms with Crippen LogP contribution < -0.4 is 10.6 Å². The van der Waals surface area contributed by atoms with E-state index in [2.05, 4.69) is 0 Å². The predicted molar refractivity (Wildman–Crippen MR) is 77.3 cm³/mol. The molecule has 1 fully saturated rings. The van der Waals surface area contributed by atoms with Crippen LogP contribution in [0.3, 0.4) is 0 Å². The Bertz CT molecular complexity index is 459. The molecule has 4 nitrogen and oxygen atoms in total. The number of ether oxygens (including phenoxy) is 1. The number of hydrogen-bond acceptors (Lipinski definition) is 4. The summed E-state index contributed by atoms with van der Waals surface area (Å²) >= 11 is 0. The first-order valence-corrected chi connectivity index (χ1v) is 6.98. The normalized spacial score (nSPS) is 19.6. The van der Waals surface area contributed by atoms with Gasteiger partial charge in [0.25, 0.3) is 0 Å². The van der Waals surface area contributed by atoms with E-state index < -0.39 is 5.60 Å². The Hall–Kier alpha value is -1.17. The zero-order valence-electron chi connectivity index (χ0n) is 12.1. The van der Waals surface area contributed by atoms with Crippen molar-refractivity contribution in [2.24, 2.45) is 5.73 Å². The molecule has 0 bridgehead atoms. The summed E-state index contributed by atoms with van der Waals surface area (Å²) in [6.07, 6.45) is 1.23. The molecule has 2 rings (SSSR count). The number of nitrogens with two attached hydrogens (primary N) is 1. The molecule has 1 atom stereocenters. The molecule has 112 valence electrons. The topological polar surface area (TPSA) is 58.7 Å². The van der Waals surface area contributed by atoms with Crippen molar-refractivity contribution >= 4 is 5.69 Å². The van der Waals surface area contributed by atoms with Gasteiger partial charge >= 0.3 is 0 Å². The van der Waals surface area contributed by atoms with E-state index >= 15 is 0 Å². The van der Waals surface area contributed by atoms with Crippen molar-refractivity contribution < 1.29 is 14.2 Å². The van der Waals surface area contributed by atoms with Crippen LogP contribution in [0.5, 0.6) is 0 Å². The van der Waals surface area contributed by atoms with Crippen LogP contribution in [0.25, 0.3) is 0 Å². The molecule has 1 aliphatic heterocycles. The molecule has 0 aromatic heterocycles. The van der Waals surface area contributed by atoms with Crippen LogP contribution in [0.15, 0.2) is 18.2 Å². The maximum absolute atomic E-state index is 13.4. The predicted octanol–water partition coefficient (Wildman–Crippen LogP) is 1.82. The van der Waals surface area contributed by atoms with Crippen LogP contribution in [0.2, 0.25) is 0 Å². The number of halogens is 1. The summed E-state index contributed by atoms with van der Waals surface area (Å²) in [6.45, 7) is 3.47. The van der Waals surface area contributed by atoms with Crippen molar-refractivity contribution in [3.8, 4) is 0 Å². The largest absolute Gasteiger partial charge is 0.388 e. The minimum Gasteiger partial charge on any atom is -0.388 e. The van der Waals surface area contributed by atoms with Gasteiger partial charge in [-0.15, -0.1) is 0 Å². The van der Waals surface area contributed by atoms with E-state index in [1.165, 1.54) is 12.1 Å². The number of nitrogens with zero attached hydrogens (tertiary/aromatic N) is 1. The smallest absolute Gasteiger partial charge is 0.123 e. The third kappa shape index (κ3) is 3.48. The molecular formula is C15H23FN2O2. The summed E-state index contributed by atoms with van der Waals surface area (Å²) in [5, 5.41) is 10.6. The van der Waals surface area contributed by atoms with E-state index in [1.807, 2.05) is 18.9 Å². The van der Waals surface area contributed by atoms with Crippen LogP contribution in [0, 0.1) is 5.82 Å². The molecule has 1 aliphatic rings. The molecule has 20 heavy (non-hydrogen) atoms. The number of rotatable bonds is 4. The van der Waals surface area contributed by atoms with Gasteiger partial charge in [-0.05, 0) is 30.7 Å². The van der Waals surface area contributed by atoms with Gasteiger partial charge in [-0.25, -0.2) is 4.39 Å². The number of aliphatic hydroxyl groups is 1. The summed E-state index contributed by atoms with van der Waals surface area (Å²) in [5.74, 6) is -0.292. The first-order valence-electron chi connectivity index (χ1n) is 6.98. The molecule has 0 spiro atoms. The third-order valence-corrected chi connectivity index (χ3v) is 3.85. The Morgan fingerprint density at radius 1 is 1.45 bits per heavy atom. The van der Waals surface area contributed by atoms with E-state index in [1.54, 1.807) is 6.07 Å². The molecule has 0 saturated carbocycles. The SMILES string of the molecule is C[C@@H](N)c1cc(F)ccc1N(C)CC1(O)CCOCC1. The number of hydrogen-bond donors (Lipinski definition) is 2. The van der Waals surface area contributed by atoms with Crippen LogP contribution in [-0.2, 0) is 4.74 Å². The maximum atomic E-state index is 13.4. The quantitative estimate of drug-likeness (QED) is 0.884. The molecule has 1 heterocycles. The molecular weight excluding hydrogens is 259 g/mol. The highest BCUT2D eigenvalue weighted by atomic mass is 19.1. The average Bonchev–Trinajstić information content (AvgIpc) is 2.38. The van der Waals surface area contributed by atoms with Gasteiger partial charge in [0, 0.05) is 51.4 Å². The van der Waals surface area contributed by atoms with Gasteiger partial charge in [-0.3, -0.25) is 0 Å². The second-order valence-electron chi connectivity index (χ2n) is 5.68. The first kappa shape index (κ1) is 15.2. The van der Waals surface area contributed by atoms with Gasteiger partial charge in [0.05, 0.1) is 5.60 Å². The third-order valence-electron chi connectivity index (χ3n) is 3.85. The van der Waals surface area contributed by atoms with E-state index in [9.17, 15) is 9.50 Å². The summed E-state index contributed by atoms with van der Waals surface area (Å²) in [6, 6.07) is 4.35. The average molecular weight is 282 g/mol. The fourth-order valence-corrected chi connectivity index (χ4v) is 2.67. The van der Waals surface area contributed by atoms with Gasteiger partial charge in [-0.1, -0.05) is 0 Å². The molecule has 1 aromatic carbocycles. The molecule has 3 N–H and O–H groups in total. The van der Waals surface area contributed by atoms with E-state index in [0.717, 1.165) is 11.3 Å². The second kappa shape index (κ2) is 6.08. The Kier molecular flexibility index (Phi) is 4.62. The van der Waals surface area contributed by atoms with Gasteiger partial charge in [0.2, 0.25) is 0 Å². The Morgan fingerprint density at radius 3 is 2.70 bits per heavy atom. The summed E-state index contributed by atoms with van der Waals surface area (Å²) in [7, 11) is 1.90. The monoisotopic (exact) mass is 282 g/mol. The lowest BCUT2D eigenvalue weighted by Crippen LogP contribution is -2.46. The van der Waals surface area contributed by atoms with Gasteiger partial charge in [0.1, 0.15) is 5.82 Å². The second-order valence-corrected chi connectivity index (χ2v) is 5.68. The van der Waals surface area contributed by atoms with E-state index in [-0.39, 0.29) is 11.9 Å². The number of likely N-dealkylation sites (N-methyl/N-ethyl adjacent to an activating group) is 1. The van der Waals surface area contributed by atoms with Crippen LogP contribution in [0.4, 0.5) is 10.1 Å². The highest BCUT2D eigenvalue weighted by Crippen LogP contribution is 2.29. The lowest BCUT2D eigenvalue weighted by atomic mass is 9.93. The first-order chi connectivity index (χ1) is 9.41.